The van der Waals surface area contributed by atoms with Gasteiger partial charge in [0.1, 0.15) is 5.76 Å². The topological polar surface area (TPSA) is 46.3 Å². The lowest BCUT2D eigenvalue weighted by atomic mass is 10.2. The molecule has 1 fully saturated rings. The summed E-state index contributed by atoms with van der Waals surface area (Å²) in [4.78, 5) is 18.5. The number of oxazole rings is 1. The van der Waals surface area contributed by atoms with Crippen LogP contribution >= 0.6 is 0 Å². The highest BCUT2D eigenvalue weighted by Crippen LogP contribution is 2.22. The summed E-state index contributed by atoms with van der Waals surface area (Å²) >= 11 is 0. The van der Waals surface area contributed by atoms with Crippen molar-refractivity contribution in [1.29, 1.82) is 0 Å². The maximum absolute atomic E-state index is 12.2. The molecule has 1 saturated heterocycles. The van der Waals surface area contributed by atoms with Gasteiger partial charge in [-0.25, -0.2) is 4.98 Å². The van der Waals surface area contributed by atoms with E-state index in [0.717, 1.165) is 42.9 Å². The van der Waals surface area contributed by atoms with Gasteiger partial charge in [-0.15, -0.1) is 0 Å². The van der Waals surface area contributed by atoms with E-state index in [-0.39, 0.29) is 5.91 Å². The Morgan fingerprint density at radius 1 is 1.25 bits per heavy atom. The van der Waals surface area contributed by atoms with Crippen LogP contribution in [0.25, 0.3) is 11.5 Å². The average Bonchev–Trinajstić information content (AvgIpc) is 3.10. The number of aryl methyl sites for hydroxylation is 1. The summed E-state index contributed by atoms with van der Waals surface area (Å²) in [5.41, 5.74) is 1.69. The Bertz CT molecular complexity index is 598. The highest BCUT2D eigenvalue weighted by Gasteiger charge is 2.21. The van der Waals surface area contributed by atoms with Crippen LogP contribution in [0, 0.1) is 6.92 Å². The van der Waals surface area contributed by atoms with Crippen molar-refractivity contribution in [2.45, 2.75) is 26.2 Å². The van der Waals surface area contributed by atoms with Crippen LogP contribution in [-0.2, 0) is 11.2 Å². The van der Waals surface area contributed by atoms with Crippen molar-refractivity contribution < 1.29 is 9.21 Å². The zero-order valence-corrected chi connectivity index (χ0v) is 11.6. The van der Waals surface area contributed by atoms with E-state index < -0.39 is 0 Å². The van der Waals surface area contributed by atoms with E-state index in [9.17, 15) is 4.79 Å². The number of amides is 1. The maximum atomic E-state index is 12.2. The summed E-state index contributed by atoms with van der Waals surface area (Å²) in [6, 6.07) is 9.76. The zero-order chi connectivity index (χ0) is 13.9. The molecule has 0 atom stereocenters. The molecule has 0 aliphatic carbocycles. The van der Waals surface area contributed by atoms with Gasteiger partial charge >= 0.3 is 0 Å². The molecule has 20 heavy (non-hydrogen) atoms. The van der Waals surface area contributed by atoms with Gasteiger partial charge in [-0.1, -0.05) is 18.2 Å². The Morgan fingerprint density at radius 3 is 2.65 bits per heavy atom. The van der Waals surface area contributed by atoms with Crippen LogP contribution in [0.15, 0.2) is 34.7 Å². The molecular weight excluding hydrogens is 252 g/mol. The van der Waals surface area contributed by atoms with Crippen molar-refractivity contribution in [2.24, 2.45) is 0 Å². The molecule has 4 nitrogen and oxygen atoms in total. The van der Waals surface area contributed by atoms with E-state index in [1.54, 1.807) is 0 Å². The van der Waals surface area contributed by atoms with Crippen molar-refractivity contribution in [2.75, 3.05) is 13.1 Å². The molecule has 1 aliphatic heterocycles. The van der Waals surface area contributed by atoms with Crippen LogP contribution in [-0.4, -0.2) is 28.9 Å². The second-order valence-corrected chi connectivity index (χ2v) is 5.15. The van der Waals surface area contributed by atoms with E-state index in [4.69, 9.17) is 4.42 Å². The molecule has 0 N–H and O–H groups in total. The first-order valence-corrected chi connectivity index (χ1v) is 7.03. The molecule has 1 aromatic carbocycles. The lowest BCUT2D eigenvalue weighted by Crippen LogP contribution is -2.29. The van der Waals surface area contributed by atoms with Crippen molar-refractivity contribution >= 4 is 5.91 Å². The first-order chi connectivity index (χ1) is 9.74. The quantitative estimate of drug-likeness (QED) is 0.861. The number of carbonyl (C=O) groups is 1. The lowest BCUT2D eigenvalue weighted by Gasteiger charge is -2.13. The van der Waals surface area contributed by atoms with Crippen LogP contribution in [0.4, 0.5) is 0 Å². The standard InChI is InChI=1S/C16H18N2O2/c1-12-14(11-15(19)18-9-5-6-10-18)17-16(20-12)13-7-3-2-4-8-13/h2-4,7-8H,5-6,9-11H2,1H3. The Balaban J connectivity index is 1.77. The number of carbonyl (C=O) groups excluding carboxylic acids is 1. The van der Waals surface area contributed by atoms with Gasteiger partial charge in [-0.3, -0.25) is 4.79 Å². The third-order valence-corrected chi connectivity index (χ3v) is 3.69. The van der Waals surface area contributed by atoms with E-state index in [0.29, 0.717) is 12.3 Å². The smallest absolute Gasteiger partial charge is 0.228 e. The monoisotopic (exact) mass is 270 g/mol. The summed E-state index contributed by atoms with van der Waals surface area (Å²) in [5, 5.41) is 0. The molecule has 4 heteroatoms. The largest absolute Gasteiger partial charge is 0.441 e. The van der Waals surface area contributed by atoms with Crippen molar-refractivity contribution in [3.63, 3.8) is 0 Å². The highest BCUT2D eigenvalue weighted by atomic mass is 16.4. The van der Waals surface area contributed by atoms with Gasteiger partial charge in [0.05, 0.1) is 12.1 Å². The predicted molar refractivity (Wildman–Crippen MR) is 76.2 cm³/mol. The molecule has 0 radical (unpaired) electrons. The minimum atomic E-state index is 0.151. The van der Waals surface area contributed by atoms with Crippen LogP contribution in [0.1, 0.15) is 24.3 Å². The summed E-state index contributed by atoms with van der Waals surface area (Å²) in [7, 11) is 0. The van der Waals surface area contributed by atoms with Crippen molar-refractivity contribution in [3.05, 3.63) is 41.8 Å². The lowest BCUT2D eigenvalue weighted by molar-refractivity contribution is -0.129. The molecule has 0 bridgehead atoms. The van der Waals surface area contributed by atoms with E-state index >= 15 is 0 Å². The Labute approximate surface area is 118 Å². The van der Waals surface area contributed by atoms with Crippen LogP contribution < -0.4 is 0 Å². The van der Waals surface area contributed by atoms with Crippen LogP contribution in [0.5, 0.6) is 0 Å². The Morgan fingerprint density at radius 2 is 1.95 bits per heavy atom. The summed E-state index contributed by atoms with van der Waals surface area (Å²) in [6.45, 7) is 3.62. The fourth-order valence-electron chi connectivity index (χ4n) is 2.52. The van der Waals surface area contributed by atoms with Gasteiger partial charge in [0.15, 0.2) is 0 Å². The van der Waals surface area contributed by atoms with Crippen molar-refractivity contribution in [1.82, 2.24) is 9.88 Å². The minimum Gasteiger partial charge on any atom is -0.441 e. The number of rotatable bonds is 3. The van der Waals surface area contributed by atoms with Crippen LogP contribution in [0.2, 0.25) is 0 Å². The molecule has 1 aromatic heterocycles. The molecule has 0 saturated carbocycles. The molecule has 1 amide bonds. The number of aromatic nitrogens is 1. The Hall–Kier alpha value is -2.10. The number of likely N-dealkylation sites (tertiary alicyclic amines) is 1. The van der Waals surface area contributed by atoms with Gasteiger partial charge in [0, 0.05) is 18.7 Å². The van der Waals surface area contributed by atoms with Gasteiger partial charge in [0.2, 0.25) is 11.8 Å². The average molecular weight is 270 g/mol. The summed E-state index contributed by atoms with van der Waals surface area (Å²) in [5.74, 6) is 1.47. The predicted octanol–water partition coefficient (Wildman–Crippen LogP) is 2.81. The minimum absolute atomic E-state index is 0.151. The van der Waals surface area contributed by atoms with E-state index in [1.165, 1.54) is 0 Å². The SMILES string of the molecule is Cc1oc(-c2ccccc2)nc1CC(=O)N1CCCC1. The maximum Gasteiger partial charge on any atom is 0.228 e. The highest BCUT2D eigenvalue weighted by molar-refractivity contribution is 5.79. The third-order valence-electron chi connectivity index (χ3n) is 3.69. The molecular formula is C16H18N2O2. The Kier molecular flexibility index (Phi) is 3.54. The second kappa shape index (κ2) is 5.49. The molecule has 0 unspecified atom stereocenters. The molecule has 2 aromatic rings. The van der Waals surface area contributed by atoms with Crippen molar-refractivity contribution in [3.8, 4) is 11.5 Å². The van der Waals surface area contributed by atoms with Gasteiger partial charge in [0.25, 0.3) is 0 Å². The fraction of sp³-hybridized carbons (Fsp3) is 0.375. The summed E-state index contributed by atoms with van der Waals surface area (Å²) in [6.07, 6.45) is 2.56. The van der Waals surface area contributed by atoms with Gasteiger partial charge < -0.3 is 9.32 Å². The molecule has 3 rings (SSSR count). The van der Waals surface area contributed by atoms with E-state index in [1.807, 2.05) is 42.2 Å². The third kappa shape index (κ3) is 2.59. The number of benzene rings is 1. The number of nitrogens with zero attached hydrogens (tertiary/aromatic N) is 2. The van der Waals surface area contributed by atoms with E-state index in [2.05, 4.69) is 4.98 Å². The van der Waals surface area contributed by atoms with Crippen LogP contribution in [0.3, 0.4) is 0 Å². The number of hydrogen-bond acceptors (Lipinski definition) is 3. The molecule has 104 valence electrons. The summed E-state index contributed by atoms with van der Waals surface area (Å²) < 4.78 is 5.68. The van der Waals surface area contributed by atoms with Gasteiger partial charge in [-0.05, 0) is 31.9 Å². The molecule has 0 spiro atoms. The first kappa shape index (κ1) is 12.9. The first-order valence-electron chi connectivity index (χ1n) is 7.03. The number of hydrogen-bond donors (Lipinski definition) is 0. The zero-order valence-electron chi connectivity index (χ0n) is 11.6. The molecule has 1 aliphatic rings. The van der Waals surface area contributed by atoms with Gasteiger partial charge in [-0.2, -0.15) is 0 Å². The second-order valence-electron chi connectivity index (χ2n) is 5.15. The molecule has 2 heterocycles. The fourth-order valence-corrected chi connectivity index (χ4v) is 2.52. The normalized spacial score (nSPS) is 14.8.